The van der Waals surface area contributed by atoms with Gasteiger partial charge in [-0.1, -0.05) is 6.07 Å². The molecule has 170 valence electrons. The number of thiophene rings is 1. The fourth-order valence-corrected chi connectivity index (χ4v) is 4.39. The zero-order valence-corrected chi connectivity index (χ0v) is 18.9. The highest BCUT2D eigenvalue weighted by Gasteiger charge is 2.20. The average molecular weight is 466 g/mol. The van der Waals surface area contributed by atoms with Gasteiger partial charge >= 0.3 is 0 Å². The summed E-state index contributed by atoms with van der Waals surface area (Å²) < 4.78 is 28.1. The van der Waals surface area contributed by atoms with Gasteiger partial charge in [-0.25, -0.2) is 0 Å². The Morgan fingerprint density at radius 1 is 1.00 bits per heavy atom. The molecule has 0 atom stereocenters. The van der Waals surface area contributed by atoms with Gasteiger partial charge in [0.05, 0.1) is 13.7 Å². The summed E-state index contributed by atoms with van der Waals surface area (Å²) in [6, 6.07) is 13.2. The number of ether oxygens (including phenoxy) is 5. The maximum atomic E-state index is 13.3. The Labute approximate surface area is 195 Å². The lowest BCUT2D eigenvalue weighted by molar-refractivity contribution is -0.114. The first kappa shape index (κ1) is 21.2. The molecule has 33 heavy (non-hydrogen) atoms. The highest BCUT2D eigenvalue weighted by atomic mass is 32.1. The van der Waals surface area contributed by atoms with Gasteiger partial charge in [0.1, 0.15) is 26.4 Å². The molecule has 0 bridgehead atoms. The second-order valence-corrected chi connectivity index (χ2v) is 8.44. The number of nitrogens with zero attached hydrogens (tertiary/aromatic N) is 1. The van der Waals surface area contributed by atoms with Gasteiger partial charge in [-0.2, -0.15) is 0 Å². The van der Waals surface area contributed by atoms with E-state index in [0.717, 1.165) is 16.1 Å². The summed E-state index contributed by atoms with van der Waals surface area (Å²) in [5.74, 6) is 2.93. The van der Waals surface area contributed by atoms with E-state index in [0.29, 0.717) is 61.7 Å². The molecule has 0 unspecified atom stereocenters. The maximum Gasteiger partial charge on any atom is 0.251 e. The van der Waals surface area contributed by atoms with Crippen molar-refractivity contribution in [3.05, 3.63) is 64.4 Å². The molecule has 0 spiro atoms. The molecule has 2 aromatic carbocycles. The first-order valence-electron chi connectivity index (χ1n) is 10.6. The smallest absolute Gasteiger partial charge is 0.251 e. The van der Waals surface area contributed by atoms with Crippen LogP contribution in [0.3, 0.4) is 0 Å². The molecule has 0 saturated carbocycles. The van der Waals surface area contributed by atoms with Crippen molar-refractivity contribution in [1.82, 2.24) is 0 Å². The van der Waals surface area contributed by atoms with Gasteiger partial charge in [-0.05, 0) is 47.4 Å². The van der Waals surface area contributed by atoms with E-state index in [1.165, 1.54) is 0 Å². The molecule has 7 nitrogen and oxygen atoms in total. The van der Waals surface area contributed by atoms with Crippen molar-refractivity contribution in [2.45, 2.75) is 6.54 Å². The van der Waals surface area contributed by atoms with Gasteiger partial charge in [-0.15, -0.1) is 11.3 Å². The standard InChI is InChI=1S/C25H23NO6S/c1-28-22-13-17(14-23-25(22)32-11-10-31-23)4-7-24(27)26(16-19-3-2-12-33-19)18-5-6-20-21(15-18)30-9-8-29-20/h2-7,12-15H,8-11,16H2,1H3/b7-4+. The molecular formula is C25H23NO6S. The molecule has 3 aromatic rings. The Hall–Kier alpha value is -3.65. The van der Waals surface area contributed by atoms with Crippen LogP contribution in [0.2, 0.25) is 0 Å². The second-order valence-electron chi connectivity index (χ2n) is 7.41. The molecule has 0 aliphatic carbocycles. The predicted octanol–water partition coefficient (Wildman–Crippen LogP) is 4.55. The molecule has 0 radical (unpaired) electrons. The number of benzene rings is 2. The summed E-state index contributed by atoms with van der Waals surface area (Å²) in [4.78, 5) is 16.1. The molecule has 8 heteroatoms. The Balaban J connectivity index is 1.43. The number of rotatable bonds is 6. The topological polar surface area (TPSA) is 66.5 Å². The Morgan fingerprint density at radius 2 is 1.79 bits per heavy atom. The second kappa shape index (κ2) is 9.46. The van der Waals surface area contributed by atoms with Crippen molar-refractivity contribution in [2.75, 3.05) is 38.4 Å². The van der Waals surface area contributed by atoms with E-state index in [1.807, 2.05) is 47.8 Å². The van der Waals surface area contributed by atoms with Crippen LogP contribution in [-0.2, 0) is 11.3 Å². The molecular weight excluding hydrogens is 442 g/mol. The number of hydrogen-bond donors (Lipinski definition) is 0. The molecule has 0 saturated heterocycles. The number of fused-ring (bicyclic) bond motifs is 2. The Kier molecular flexibility index (Phi) is 6.08. The molecule has 0 N–H and O–H groups in total. The third kappa shape index (κ3) is 4.61. The number of methoxy groups -OCH3 is 1. The summed E-state index contributed by atoms with van der Waals surface area (Å²) in [6.07, 6.45) is 3.30. The lowest BCUT2D eigenvalue weighted by Gasteiger charge is -2.24. The van der Waals surface area contributed by atoms with Crippen LogP contribution in [0.5, 0.6) is 28.7 Å². The lowest BCUT2D eigenvalue weighted by Crippen LogP contribution is -2.28. The largest absolute Gasteiger partial charge is 0.493 e. The van der Waals surface area contributed by atoms with E-state index in [4.69, 9.17) is 23.7 Å². The van der Waals surface area contributed by atoms with Crippen molar-refractivity contribution in [3.8, 4) is 28.7 Å². The van der Waals surface area contributed by atoms with Crippen molar-refractivity contribution < 1.29 is 28.5 Å². The van der Waals surface area contributed by atoms with Crippen LogP contribution in [0, 0.1) is 0 Å². The van der Waals surface area contributed by atoms with E-state index in [2.05, 4.69) is 0 Å². The average Bonchev–Trinajstić information content (AvgIpc) is 3.38. The van der Waals surface area contributed by atoms with Gasteiger partial charge in [0, 0.05) is 22.7 Å². The Bertz CT molecular complexity index is 1160. The van der Waals surface area contributed by atoms with Crippen LogP contribution in [-0.4, -0.2) is 39.4 Å². The summed E-state index contributed by atoms with van der Waals surface area (Å²) in [5, 5.41) is 2.00. The Morgan fingerprint density at radius 3 is 2.58 bits per heavy atom. The van der Waals surface area contributed by atoms with Crippen molar-refractivity contribution >= 4 is 29.0 Å². The summed E-state index contributed by atoms with van der Waals surface area (Å²) in [7, 11) is 1.58. The van der Waals surface area contributed by atoms with Gasteiger partial charge in [0.15, 0.2) is 23.0 Å². The van der Waals surface area contributed by atoms with E-state index < -0.39 is 0 Å². The summed E-state index contributed by atoms with van der Waals surface area (Å²) >= 11 is 1.61. The molecule has 2 aliphatic rings. The monoisotopic (exact) mass is 465 g/mol. The molecule has 3 heterocycles. The number of hydrogen-bond acceptors (Lipinski definition) is 7. The summed E-state index contributed by atoms with van der Waals surface area (Å²) in [5.41, 5.74) is 1.52. The highest BCUT2D eigenvalue weighted by molar-refractivity contribution is 7.09. The van der Waals surface area contributed by atoms with E-state index in [1.54, 1.807) is 35.5 Å². The van der Waals surface area contributed by atoms with Gasteiger partial charge in [0.25, 0.3) is 5.91 Å². The minimum atomic E-state index is -0.158. The van der Waals surface area contributed by atoms with E-state index in [-0.39, 0.29) is 5.91 Å². The molecule has 0 fully saturated rings. The molecule has 2 aliphatic heterocycles. The lowest BCUT2D eigenvalue weighted by atomic mass is 10.1. The number of anilines is 1. The fraction of sp³-hybridized carbons (Fsp3) is 0.240. The van der Waals surface area contributed by atoms with E-state index >= 15 is 0 Å². The van der Waals surface area contributed by atoms with Crippen LogP contribution < -0.4 is 28.6 Å². The fourth-order valence-electron chi connectivity index (χ4n) is 3.70. The number of amides is 1. The molecule has 1 aromatic heterocycles. The summed E-state index contributed by atoms with van der Waals surface area (Å²) in [6.45, 7) is 2.41. The van der Waals surface area contributed by atoms with Crippen LogP contribution in [0.1, 0.15) is 10.4 Å². The van der Waals surface area contributed by atoms with E-state index in [9.17, 15) is 4.79 Å². The first-order valence-corrected chi connectivity index (χ1v) is 11.5. The van der Waals surface area contributed by atoms with Crippen molar-refractivity contribution in [3.63, 3.8) is 0 Å². The number of carbonyl (C=O) groups is 1. The van der Waals surface area contributed by atoms with Crippen LogP contribution in [0.25, 0.3) is 6.08 Å². The SMILES string of the molecule is COc1cc(/C=C/C(=O)N(Cc2cccs2)c2ccc3c(c2)OCCO3)cc2c1OCCO2. The third-order valence-electron chi connectivity index (χ3n) is 5.27. The predicted molar refractivity (Wildman–Crippen MR) is 126 cm³/mol. The molecule has 1 amide bonds. The van der Waals surface area contributed by atoms with Crippen LogP contribution in [0.15, 0.2) is 53.9 Å². The number of carbonyl (C=O) groups excluding carboxylic acids is 1. The normalized spacial score (nSPS) is 14.2. The minimum absolute atomic E-state index is 0.158. The minimum Gasteiger partial charge on any atom is -0.493 e. The van der Waals surface area contributed by atoms with Crippen LogP contribution in [0.4, 0.5) is 5.69 Å². The highest BCUT2D eigenvalue weighted by Crippen LogP contribution is 2.41. The third-order valence-corrected chi connectivity index (χ3v) is 6.13. The van der Waals surface area contributed by atoms with Crippen molar-refractivity contribution in [1.29, 1.82) is 0 Å². The maximum absolute atomic E-state index is 13.3. The zero-order chi connectivity index (χ0) is 22.6. The van der Waals surface area contributed by atoms with Gasteiger partial charge in [-0.3, -0.25) is 4.79 Å². The van der Waals surface area contributed by atoms with Crippen molar-refractivity contribution in [2.24, 2.45) is 0 Å². The quantitative estimate of drug-likeness (QED) is 0.498. The van der Waals surface area contributed by atoms with Crippen LogP contribution >= 0.6 is 11.3 Å². The van der Waals surface area contributed by atoms with Gasteiger partial charge < -0.3 is 28.6 Å². The van der Waals surface area contributed by atoms with Gasteiger partial charge in [0.2, 0.25) is 5.75 Å². The zero-order valence-electron chi connectivity index (χ0n) is 18.1. The first-order chi connectivity index (χ1) is 16.2. The molecule has 5 rings (SSSR count).